The Morgan fingerprint density at radius 2 is 2.33 bits per heavy atom. The van der Waals surface area contributed by atoms with Crippen molar-refractivity contribution in [3.8, 4) is 0 Å². The molecule has 0 saturated carbocycles. The highest BCUT2D eigenvalue weighted by molar-refractivity contribution is 6.64. The molecular weight excluding hydrogens is 97.5 g/mol. The highest BCUT2D eigenvalue weighted by Crippen LogP contribution is 1.80. The maximum atomic E-state index is 5.33. The Balaban J connectivity index is 3.14. The quantitative estimate of drug-likeness (QED) is 0.450. The SMILES string of the molecule is CC/N=C(\C)Cl. The number of rotatable bonds is 1. The van der Waals surface area contributed by atoms with Gasteiger partial charge in [-0.3, -0.25) is 4.99 Å². The van der Waals surface area contributed by atoms with E-state index in [0.717, 1.165) is 6.54 Å². The molecule has 0 bridgehead atoms. The molecule has 0 amide bonds. The minimum absolute atomic E-state index is 0.637. The number of aliphatic imine (C=N–C) groups is 1. The number of hydrogen-bond acceptors (Lipinski definition) is 1. The lowest BCUT2D eigenvalue weighted by molar-refractivity contribution is 1.13. The number of halogens is 1. The zero-order chi connectivity index (χ0) is 4.99. The summed E-state index contributed by atoms with van der Waals surface area (Å²) < 4.78 is 0. The molecule has 0 spiro atoms. The van der Waals surface area contributed by atoms with Crippen molar-refractivity contribution < 1.29 is 0 Å². The van der Waals surface area contributed by atoms with Crippen LogP contribution < -0.4 is 0 Å². The molecule has 0 aliphatic rings. The predicted octanol–water partition coefficient (Wildman–Crippen LogP) is 1.66. The van der Waals surface area contributed by atoms with Crippen molar-refractivity contribution >= 4 is 16.8 Å². The van der Waals surface area contributed by atoms with Gasteiger partial charge in [0.25, 0.3) is 0 Å². The molecule has 0 rings (SSSR count). The first kappa shape index (κ1) is 5.96. The van der Waals surface area contributed by atoms with E-state index in [4.69, 9.17) is 11.6 Å². The van der Waals surface area contributed by atoms with Crippen molar-refractivity contribution in [1.29, 1.82) is 0 Å². The van der Waals surface area contributed by atoms with Crippen molar-refractivity contribution in [1.82, 2.24) is 0 Å². The smallest absolute Gasteiger partial charge is 0.0971 e. The molecule has 0 atom stereocenters. The molecule has 0 aliphatic carbocycles. The van der Waals surface area contributed by atoms with Crippen LogP contribution >= 0.6 is 11.6 Å². The Labute approximate surface area is 43.0 Å². The Hall–Kier alpha value is -0.0400. The highest BCUT2D eigenvalue weighted by atomic mass is 35.5. The van der Waals surface area contributed by atoms with E-state index < -0.39 is 0 Å². The van der Waals surface area contributed by atoms with Gasteiger partial charge in [0.15, 0.2) is 0 Å². The number of hydrogen-bond donors (Lipinski definition) is 0. The third kappa shape index (κ3) is 3.96. The van der Waals surface area contributed by atoms with Crippen LogP contribution in [-0.2, 0) is 0 Å². The van der Waals surface area contributed by atoms with Crippen LogP contribution in [0.1, 0.15) is 13.8 Å². The lowest BCUT2D eigenvalue weighted by Crippen LogP contribution is -1.75. The van der Waals surface area contributed by atoms with Gasteiger partial charge in [-0.25, -0.2) is 0 Å². The van der Waals surface area contributed by atoms with E-state index in [2.05, 4.69) is 4.99 Å². The van der Waals surface area contributed by atoms with Crippen LogP contribution in [0.4, 0.5) is 0 Å². The molecule has 0 heterocycles. The van der Waals surface area contributed by atoms with Gasteiger partial charge >= 0.3 is 0 Å². The molecule has 0 radical (unpaired) electrons. The summed E-state index contributed by atoms with van der Waals surface area (Å²) in [4.78, 5) is 3.81. The Morgan fingerprint density at radius 3 is 2.33 bits per heavy atom. The summed E-state index contributed by atoms with van der Waals surface area (Å²) in [5.41, 5.74) is 0. The lowest BCUT2D eigenvalue weighted by Gasteiger charge is -1.78. The van der Waals surface area contributed by atoms with Crippen molar-refractivity contribution in [3.05, 3.63) is 0 Å². The Bertz CT molecular complexity index is 54.6. The van der Waals surface area contributed by atoms with Crippen molar-refractivity contribution in [2.75, 3.05) is 6.54 Å². The molecule has 0 unspecified atom stereocenters. The maximum Gasteiger partial charge on any atom is 0.0971 e. The third-order valence-electron chi connectivity index (χ3n) is 0.376. The second-order valence-corrected chi connectivity index (χ2v) is 1.52. The fourth-order valence-corrected chi connectivity index (χ4v) is 0.337. The van der Waals surface area contributed by atoms with Crippen LogP contribution in [0.5, 0.6) is 0 Å². The summed E-state index contributed by atoms with van der Waals surface area (Å²) in [6, 6.07) is 0. The monoisotopic (exact) mass is 105 g/mol. The minimum atomic E-state index is 0.637. The fourth-order valence-electron chi connectivity index (χ4n) is 0.218. The highest BCUT2D eigenvalue weighted by Gasteiger charge is 1.71. The zero-order valence-electron chi connectivity index (χ0n) is 4.03. The fraction of sp³-hybridized carbons (Fsp3) is 0.750. The van der Waals surface area contributed by atoms with E-state index in [1.807, 2.05) is 6.92 Å². The van der Waals surface area contributed by atoms with E-state index in [1.54, 1.807) is 6.92 Å². The largest absolute Gasteiger partial charge is 0.278 e. The minimum Gasteiger partial charge on any atom is -0.278 e. The summed E-state index contributed by atoms with van der Waals surface area (Å²) >= 11 is 5.33. The van der Waals surface area contributed by atoms with Crippen molar-refractivity contribution in [2.24, 2.45) is 4.99 Å². The van der Waals surface area contributed by atoms with Crippen molar-refractivity contribution in [3.63, 3.8) is 0 Å². The van der Waals surface area contributed by atoms with Crippen LogP contribution in [0.15, 0.2) is 4.99 Å². The van der Waals surface area contributed by atoms with Crippen molar-refractivity contribution in [2.45, 2.75) is 13.8 Å². The van der Waals surface area contributed by atoms with Crippen LogP contribution in [-0.4, -0.2) is 11.7 Å². The first-order valence-corrected chi connectivity index (χ1v) is 2.31. The first-order chi connectivity index (χ1) is 2.77. The zero-order valence-corrected chi connectivity index (χ0v) is 4.79. The molecule has 0 aliphatic heterocycles. The third-order valence-corrected chi connectivity index (χ3v) is 0.496. The second-order valence-electron chi connectivity index (χ2n) is 0.971. The van der Waals surface area contributed by atoms with E-state index in [-0.39, 0.29) is 0 Å². The van der Waals surface area contributed by atoms with Crippen LogP contribution in [0.25, 0.3) is 0 Å². The maximum absolute atomic E-state index is 5.33. The Morgan fingerprint density at radius 1 is 1.83 bits per heavy atom. The van der Waals surface area contributed by atoms with Gasteiger partial charge in [0.05, 0.1) is 5.17 Å². The van der Waals surface area contributed by atoms with Gasteiger partial charge < -0.3 is 0 Å². The molecule has 0 saturated heterocycles. The molecule has 1 nitrogen and oxygen atoms in total. The van der Waals surface area contributed by atoms with Gasteiger partial charge in [-0.1, -0.05) is 11.6 Å². The van der Waals surface area contributed by atoms with Gasteiger partial charge in [-0.05, 0) is 13.8 Å². The first-order valence-electron chi connectivity index (χ1n) is 1.94. The van der Waals surface area contributed by atoms with Gasteiger partial charge in [0.2, 0.25) is 0 Å². The lowest BCUT2D eigenvalue weighted by atomic mass is 10.7. The molecule has 0 aromatic heterocycles. The summed E-state index contributed by atoms with van der Waals surface area (Å²) in [6.07, 6.45) is 0. The molecule has 0 N–H and O–H groups in total. The molecule has 0 aromatic carbocycles. The molecule has 36 valence electrons. The van der Waals surface area contributed by atoms with E-state index in [1.165, 1.54) is 0 Å². The van der Waals surface area contributed by atoms with Crippen LogP contribution in [0.3, 0.4) is 0 Å². The standard InChI is InChI=1S/C4H8ClN/c1-3-6-4(2)5/h3H2,1-2H3/b6-4+. The Kier molecular flexibility index (Phi) is 3.14. The van der Waals surface area contributed by atoms with Gasteiger partial charge in [-0.15, -0.1) is 0 Å². The predicted molar refractivity (Wildman–Crippen MR) is 29.5 cm³/mol. The van der Waals surface area contributed by atoms with E-state index in [0.29, 0.717) is 5.17 Å². The van der Waals surface area contributed by atoms with Gasteiger partial charge in [0.1, 0.15) is 0 Å². The number of nitrogens with zero attached hydrogens (tertiary/aromatic N) is 1. The molecule has 0 aromatic rings. The summed E-state index contributed by atoms with van der Waals surface area (Å²) in [5.74, 6) is 0. The summed E-state index contributed by atoms with van der Waals surface area (Å²) in [5, 5.41) is 0.637. The van der Waals surface area contributed by atoms with E-state index in [9.17, 15) is 0 Å². The summed E-state index contributed by atoms with van der Waals surface area (Å²) in [7, 11) is 0. The molecule has 0 fully saturated rings. The second kappa shape index (κ2) is 3.16. The van der Waals surface area contributed by atoms with Crippen LogP contribution in [0, 0.1) is 0 Å². The molecule has 2 heteroatoms. The van der Waals surface area contributed by atoms with E-state index >= 15 is 0 Å². The summed E-state index contributed by atoms with van der Waals surface area (Å²) in [6.45, 7) is 4.51. The van der Waals surface area contributed by atoms with Gasteiger partial charge in [-0.2, -0.15) is 0 Å². The van der Waals surface area contributed by atoms with Gasteiger partial charge in [0, 0.05) is 6.54 Å². The average Bonchev–Trinajstić information content (AvgIpc) is 1.35. The molecule has 6 heavy (non-hydrogen) atoms. The van der Waals surface area contributed by atoms with Crippen LogP contribution in [0.2, 0.25) is 0 Å². The topological polar surface area (TPSA) is 12.4 Å². The normalized spacial score (nSPS) is 12.2. The molecular formula is C4H8ClN. The average molecular weight is 106 g/mol.